The lowest BCUT2D eigenvalue weighted by Gasteiger charge is -2.69. The van der Waals surface area contributed by atoms with Gasteiger partial charge < -0.3 is 0 Å². The Bertz CT molecular complexity index is 628. The van der Waals surface area contributed by atoms with Gasteiger partial charge in [0, 0.05) is 0 Å². The van der Waals surface area contributed by atoms with E-state index in [2.05, 4.69) is 41.2 Å². The Kier molecular flexibility index (Phi) is 4.76. The molecule has 0 saturated heterocycles. The van der Waals surface area contributed by atoms with E-state index in [0.29, 0.717) is 16.2 Å². The largest absolute Gasteiger partial charge is 0.0995 e. The summed E-state index contributed by atoms with van der Waals surface area (Å²) in [6.07, 6.45) is 14.0. The second-order valence-electron chi connectivity index (χ2n) is 11.5. The van der Waals surface area contributed by atoms with Crippen LogP contribution in [0.15, 0.2) is 24.3 Å². The van der Waals surface area contributed by atoms with Gasteiger partial charge in [-0.25, -0.2) is 0 Å². The highest BCUT2D eigenvalue weighted by Gasteiger charge is 2.66. The number of hydrogen-bond donors (Lipinski definition) is 0. The zero-order chi connectivity index (χ0) is 19.6. The van der Waals surface area contributed by atoms with Gasteiger partial charge in [0.1, 0.15) is 0 Å². The Balaban J connectivity index is 1.81. The third-order valence-corrected chi connectivity index (χ3v) is 10.9. The predicted octanol–water partition coefficient (Wildman–Crippen LogP) is 8.19. The van der Waals surface area contributed by atoms with E-state index in [9.17, 15) is 0 Å². The minimum atomic E-state index is 0.413. The van der Waals surface area contributed by atoms with Crippen molar-refractivity contribution < 1.29 is 0 Å². The molecule has 0 N–H and O–H groups in total. The first-order valence-electron chi connectivity index (χ1n) is 12.1. The minimum Gasteiger partial charge on any atom is -0.0995 e. The molecule has 4 rings (SSSR count). The summed E-state index contributed by atoms with van der Waals surface area (Å²) in [4.78, 5) is 0. The van der Waals surface area contributed by atoms with Crippen molar-refractivity contribution in [3.05, 3.63) is 24.3 Å². The van der Waals surface area contributed by atoms with Gasteiger partial charge in [-0.2, -0.15) is 0 Å². The van der Waals surface area contributed by atoms with E-state index in [4.69, 9.17) is 6.58 Å². The Morgan fingerprint density at radius 3 is 2.44 bits per heavy atom. The van der Waals surface area contributed by atoms with Crippen molar-refractivity contribution in [3.63, 3.8) is 0 Å². The van der Waals surface area contributed by atoms with E-state index in [1.54, 1.807) is 11.1 Å². The van der Waals surface area contributed by atoms with Crippen LogP contribution < -0.4 is 0 Å². The third-order valence-electron chi connectivity index (χ3n) is 10.9. The van der Waals surface area contributed by atoms with Gasteiger partial charge in [-0.1, -0.05) is 58.4 Å². The molecule has 4 saturated carbocycles. The van der Waals surface area contributed by atoms with Gasteiger partial charge in [0.15, 0.2) is 0 Å². The van der Waals surface area contributed by atoms with Crippen molar-refractivity contribution in [2.75, 3.05) is 0 Å². The Hall–Kier alpha value is -0.520. The maximum atomic E-state index is 4.71. The zero-order valence-corrected chi connectivity index (χ0v) is 18.9. The monoisotopic (exact) mass is 368 g/mol. The molecule has 0 radical (unpaired) electrons. The van der Waals surface area contributed by atoms with E-state index >= 15 is 0 Å². The molecule has 0 aromatic carbocycles. The quantitative estimate of drug-likeness (QED) is 0.440. The molecule has 8 atom stereocenters. The van der Waals surface area contributed by atoms with Crippen LogP contribution in [0, 0.1) is 45.8 Å². The second-order valence-corrected chi connectivity index (χ2v) is 11.5. The van der Waals surface area contributed by atoms with Gasteiger partial charge in [-0.05, 0) is 111 Å². The lowest BCUT2D eigenvalue weighted by Crippen LogP contribution is -2.62. The highest BCUT2D eigenvalue weighted by molar-refractivity contribution is 5.28. The van der Waals surface area contributed by atoms with Crippen LogP contribution in [0.25, 0.3) is 0 Å². The molecule has 0 aliphatic heterocycles. The lowest BCUT2D eigenvalue weighted by molar-refractivity contribution is -0.174. The van der Waals surface area contributed by atoms with E-state index < -0.39 is 0 Å². The molecule has 0 bridgehead atoms. The molecule has 0 heteroatoms. The van der Waals surface area contributed by atoms with Crippen LogP contribution in [0.5, 0.6) is 0 Å². The number of rotatable bonds is 3. The Morgan fingerprint density at radius 1 is 1.07 bits per heavy atom. The fourth-order valence-corrected chi connectivity index (χ4v) is 9.54. The molecule has 8 unspecified atom stereocenters. The maximum Gasteiger partial charge on any atom is -0.000590 e. The molecule has 4 fully saturated rings. The number of hydrogen-bond acceptors (Lipinski definition) is 0. The molecule has 152 valence electrons. The molecular weight excluding hydrogens is 324 g/mol. The minimum absolute atomic E-state index is 0.413. The number of allylic oxidation sites excluding steroid dienone is 2. The fraction of sp³-hybridized carbons (Fsp3) is 0.852. The Morgan fingerprint density at radius 2 is 1.81 bits per heavy atom. The van der Waals surface area contributed by atoms with Gasteiger partial charge in [0.25, 0.3) is 0 Å². The summed E-state index contributed by atoms with van der Waals surface area (Å²) in [7, 11) is 0. The summed E-state index contributed by atoms with van der Waals surface area (Å²) in [6.45, 7) is 21.8. The summed E-state index contributed by atoms with van der Waals surface area (Å²) in [5.74, 6) is 4.47. The predicted molar refractivity (Wildman–Crippen MR) is 118 cm³/mol. The smallest absolute Gasteiger partial charge is 0.000590 e. The van der Waals surface area contributed by atoms with Crippen LogP contribution in [0.2, 0.25) is 0 Å². The summed E-state index contributed by atoms with van der Waals surface area (Å²) in [5, 5.41) is 0. The molecule has 0 spiro atoms. The molecule has 0 heterocycles. The highest BCUT2D eigenvalue weighted by Crippen LogP contribution is 2.74. The van der Waals surface area contributed by atoms with Crippen molar-refractivity contribution in [3.8, 4) is 0 Å². The molecular formula is C27H44. The molecule has 0 aromatic rings. The average Bonchev–Trinajstić information content (AvgIpc) is 2.95. The van der Waals surface area contributed by atoms with E-state index in [0.717, 1.165) is 29.6 Å². The summed E-state index contributed by atoms with van der Waals surface area (Å²) >= 11 is 0. The SMILES string of the molecule is C=C1CCC2C3C(C)CC4(CC)CC(CC)CCC4(C(=C)C)C3CCC12C. The summed E-state index contributed by atoms with van der Waals surface area (Å²) < 4.78 is 0. The van der Waals surface area contributed by atoms with Crippen LogP contribution >= 0.6 is 0 Å². The van der Waals surface area contributed by atoms with Crippen LogP contribution in [-0.4, -0.2) is 0 Å². The Labute approximate surface area is 169 Å². The average molecular weight is 369 g/mol. The van der Waals surface area contributed by atoms with E-state index in [1.165, 1.54) is 64.2 Å². The van der Waals surface area contributed by atoms with Crippen LogP contribution in [-0.2, 0) is 0 Å². The maximum absolute atomic E-state index is 4.71. The highest BCUT2D eigenvalue weighted by atomic mass is 14.7. The van der Waals surface area contributed by atoms with Crippen molar-refractivity contribution in [1.29, 1.82) is 0 Å². The van der Waals surface area contributed by atoms with Crippen LogP contribution in [0.1, 0.15) is 98.8 Å². The molecule has 0 nitrogen and oxygen atoms in total. The third kappa shape index (κ3) is 2.40. The van der Waals surface area contributed by atoms with Gasteiger partial charge >= 0.3 is 0 Å². The van der Waals surface area contributed by atoms with E-state index in [1.807, 2.05) is 0 Å². The summed E-state index contributed by atoms with van der Waals surface area (Å²) in [6, 6.07) is 0. The molecule has 27 heavy (non-hydrogen) atoms. The van der Waals surface area contributed by atoms with Gasteiger partial charge in [-0.15, -0.1) is 0 Å². The van der Waals surface area contributed by atoms with Crippen molar-refractivity contribution >= 4 is 0 Å². The number of fused-ring (bicyclic) bond motifs is 5. The van der Waals surface area contributed by atoms with Crippen molar-refractivity contribution in [2.45, 2.75) is 98.8 Å². The first kappa shape index (κ1) is 19.8. The fourth-order valence-electron chi connectivity index (χ4n) is 9.54. The van der Waals surface area contributed by atoms with Gasteiger partial charge in [0.05, 0.1) is 0 Å². The van der Waals surface area contributed by atoms with Gasteiger partial charge in [0.2, 0.25) is 0 Å². The van der Waals surface area contributed by atoms with Crippen molar-refractivity contribution in [1.82, 2.24) is 0 Å². The topological polar surface area (TPSA) is 0 Å². The normalized spacial score (nSPS) is 52.0. The zero-order valence-electron chi connectivity index (χ0n) is 18.9. The van der Waals surface area contributed by atoms with E-state index in [-0.39, 0.29) is 0 Å². The molecule has 4 aliphatic carbocycles. The lowest BCUT2D eigenvalue weighted by atomic mass is 9.35. The van der Waals surface area contributed by atoms with Crippen molar-refractivity contribution in [2.24, 2.45) is 45.8 Å². The molecule has 0 aromatic heterocycles. The summed E-state index contributed by atoms with van der Waals surface area (Å²) in [5.41, 5.74) is 4.47. The van der Waals surface area contributed by atoms with Gasteiger partial charge in [-0.3, -0.25) is 0 Å². The standard InChI is InChI=1S/C27H44/c1-8-21-12-15-27(18(3)4)23-13-14-25(7)20(6)10-11-22(25)24(23)19(5)16-26(27,9-2)17-21/h19,21-24H,3,6,8-17H2,1-2,4-5,7H3. The molecule has 4 aliphatic rings. The first-order chi connectivity index (χ1) is 12.8. The molecule has 0 amide bonds. The van der Waals surface area contributed by atoms with Crippen LogP contribution in [0.3, 0.4) is 0 Å². The van der Waals surface area contributed by atoms with Crippen LogP contribution in [0.4, 0.5) is 0 Å². The second kappa shape index (κ2) is 6.50. The first-order valence-corrected chi connectivity index (χ1v) is 12.1.